The minimum atomic E-state index is -3.88. The molecule has 3 aromatic rings. The zero-order valence-electron chi connectivity index (χ0n) is 18.9. The van der Waals surface area contributed by atoms with Crippen LogP contribution in [0.3, 0.4) is 0 Å². The van der Waals surface area contributed by atoms with Crippen molar-refractivity contribution in [2.24, 2.45) is 0 Å². The Morgan fingerprint density at radius 1 is 0.875 bits per heavy atom. The van der Waals surface area contributed by atoms with Crippen molar-refractivity contribution in [1.82, 2.24) is 4.72 Å². The van der Waals surface area contributed by atoms with Crippen LogP contribution in [0.2, 0.25) is 0 Å². The van der Waals surface area contributed by atoms with Crippen LogP contribution in [0.15, 0.2) is 77.7 Å². The summed E-state index contributed by atoms with van der Waals surface area (Å²) < 4.78 is 28.7. The molecule has 0 aliphatic carbocycles. The smallest absolute Gasteiger partial charge is 0.242 e. The number of hydrogen-bond donors (Lipinski definition) is 2. The van der Waals surface area contributed by atoms with Crippen LogP contribution in [0.5, 0.6) is 0 Å². The van der Waals surface area contributed by atoms with E-state index in [1.807, 2.05) is 62.4 Å². The number of anilines is 1. The molecule has 2 N–H and O–H groups in total. The number of rotatable bonds is 8. The molecule has 0 saturated heterocycles. The van der Waals surface area contributed by atoms with Crippen molar-refractivity contribution < 1.29 is 13.2 Å². The fraction of sp³-hybridized carbons (Fsp3) is 0.269. The SMILES string of the molecule is Cc1ccc(S(=O)(=O)NC(Cc2ccccc2)C(=O)Nc2c(C)cccc2C(C)C)cc1. The van der Waals surface area contributed by atoms with E-state index < -0.39 is 16.1 Å². The predicted octanol–water partition coefficient (Wildman–Crippen LogP) is 4.96. The van der Waals surface area contributed by atoms with Crippen LogP contribution >= 0.6 is 0 Å². The summed E-state index contributed by atoms with van der Waals surface area (Å²) in [5.74, 6) is -0.178. The van der Waals surface area contributed by atoms with Gasteiger partial charge < -0.3 is 5.32 Å². The van der Waals surface area contributed by atoms with Gasteiger partial charge in [0.05, 0.1) is 4.90 Å². The molecule has 1 atom stereocenters. The Labute approximate surface area is 190 Å². The van der Waals surface area contributed by atoms with Gasteiger partial charge in [0, 0.05) is 5.69 Å². The van der Waals surface area contributed by atoms with Gasteiger partial charge in [0.1, 0.15) is 6.04 Å². The number of carbonyl (C=O) groups is 1. The van der Waals surface area contributed by atoms with E-state index in [1.54, 1.807) is 24.3 Å². The first-order valence-corrected chi connectivity index (χ1v) is 12.2. The quantitative estimate of drug-likeness (QED) is 0.510. The van der Waals surface area contributed by atoms with Gasteiger partial charge in [-0.3, -0.25) is 4.79 Å². The molecule has 3 aromatic carbocycles. The summed E-state index contributed by atoms with van der Waals surface area (Å²) >= 11 is 0. The van der Waals surface area contributed by atoms with E-state index in [9.17, 15) is 13.2 Å². The van der Waals surface area contributed by atoms with Crippen LogP contribution in [0.1, 0.15) is 42.0 Å². The molecule has 0 aromatic heterocycles. The van der Waals surface area contributed by atoms with Crippen LogP contribution in [-0.4, -0.2) is 20.4 Å². The number of amides is 1. The van der Waals surface area contributed by atoms with Gasteiger partial charge in [0.2, 0.25) is 15.9 Å². The normalized spacial score (nSPS) is 12.5. The van der Waals surface area contributed by atoms with Crippen LogP contribution in [0.4, 0.5) is 5.69 Å². The lowest BCUT2D eigenvalue weighted by Gasteiger charge is -2.22. The molecule has 6 heteroatoms. The first kappa shape index (κ1) is 23.7. The summed E-state index contributed by atoms with van der Waals surface area (Å²) in [7, 11) is -3.88. The van der Waals surface area contributed by atoms with Crippen molar-refractivity contribution >= 4 is 21.6 Å². The van der Waals surface area contributed by atoms with E-state index in [1.165, 1.54) is 0 Å². The zero-order valence-corrected chi connectivity index (χ0v) is 19.7. The number of aryl methyl sites for hydroxylation is 2. The largest absolute Gasteiger partial charge is 0.324 e. The minimum absolute atomic E-state index is 0.132. The zero-order chi connectivity index (χ0) is 23.3. The van der Waals surface area contributed by atoms with Gasteiger partial charge in [0.25, 0.3) is 0 Å². The molecule has 1 amide bonds. The maximum Gasteiger partial charge on any atom is 0.242 e. The van der Waals surface area contributed by atoms with Gasteiger partial charge in [-0.05, 0) is 55.0 Å². The van der Waals surface area contributed by atoms with Gasteiger partial charge in [-0.15, -0.1) is 0 Å². The fourth-order valence-corrected chi connectivity index (χ4v) is 4.76. The third kappa shape index (κ3) is 5.84. The van der Waals surface area contributed by atoms with Crippen LogP contribution < -0.4 is 10.0 Å². The second-order valence-electron chi connectivity index (χ2n) is 8.36. The average molecular weight is 451 g/mol. The molecule has 0 heterocycles. The van der Waals surface area contributed by atoms with Gasteiger partial charge >= 0.3 is 0 Å². The number of sulfonamides is 1. The average Bonchev–Trinajstić information content (AvgIpc) is 2.75. The molecule has 5 nitrogen and oxygen atoms in total. The lowest BCUT2D eigenvalue weighted by molar-refractivity contribution is -0.117. The van der Waals surface area contributed by atoms with E-state index in [0.29, 0.717) is 0 Å². The maximum atomic E-state index is 13.4. The summed E-state index contributed by atoms with van der Waals surface area (Å²) in [6.45, 7) is 7.95. The van der Waals surface area contributed by atoms with Gasteiger partial charge in [0.15, 0.2) is 0 Å². The van der Waals surface area contributed by atoms with Gasteiger partial charge in [-0.2, -0.15) is 4.72 Å². The molecule has 32 heavy (non-hydrogen) atoms. The second-order valence-corrected chi connectivity index (χ2v) is 10.1. The molecule has 0 aliphatic rings. The molecule has 0 radical (unpaired) electrons. The summed E-state index contributed by atoms with van der Waals surface area (Å²) in [6.07, 6.45) is 0.237. The monoisotopic (exact) mass is 450 g/mol. The highest BCUT2D eigenvalue weighted by atomic mass is 32.2. The highest BCUT2D eigenvalue weighted by Crippen LogP contribution is 2.27. The highest BCUT2D eigenvalue weighted by Gasteiger charge is 2.27. The number of benzene rings is 3. The maximum absolute atomic E-state index is 13.4. The molecular formula is C26H30N2O3S. The predicted molar refractivity (Wildman–Crippen MR) is 129 cm³/mol. The lowest BCUT2D eigenvalue weighted by atomic mass is 9.97. The first-order valence-electron chi connectivity index (χ1n) is 10.7. The van der Waals surface area contributed by atoms with E-state index in [0.717, 1.165) is 27.9 Å². The van der Waals surface area contributed by atoms with Crippen molar-refractivity contribution in [3.63, 3.8) is 0 Å². The van der Waals surface area contributed by atoms with E-state index in [2.05, 4.69) is 23.9 Å². The van der Waals surface area contributed by atoms with Gasteiger partial charge in [-0.1, -0.05) is 80.1 Å². The molecule has 3 rings (SSSR count). The third-order valence-electron chi connectivity index (χ3n) is 5.40. The molecule has 0 aliphatic heterocycles. The van der Waals surface area contributed by atoms with Crippen LogP contribution in [-0.2, 0) is 21.2 Å². The Morgan fingerprint density at radius 3 is 2.16 bits per heavy atom. The number of carbonyl (C=O) groups excluding carboxylic acids is 1. The Morgan fingerprint density at radius 2 is 1.53 bits per heavy atom. The van der Waals surface area contributed by atoms with Crippen molar-refractivity contribution in [3.8, 4) is 0 Å². The van der Waals surface area contributed by atoms with Crippen LogP contribution in [0.25, 0.3) is 0 Å². The van der Waals surface area contributed by atoms with E-state index >= 15 is 0 Å². The number of para-hydroxylation sites is 1. The van der Waals surface area contributed by atoms with Gasteiger partial charge in [-0.25, -0.2) is 8.42 Å². The summed E-state index contributed by atoms with van der Waals surface area (Å²) in [4.78, 5) is 13.5. The summed E-state index contributed by atoms with van der Waals surface area (Å²) in [6, 6.07) is 20.9. The molecule has 0 spiro atoms. The molecule has 0 saturated carbocycles. The van der Waals surface area contributed by atoms with Crippen molar-refractivity contribution in [2.75, 3.05) is 5.32 Å². The summed E-state index contributed by atoms with van der Waals surface area (Å²) in [5, 5.41) is 3.00. The Bertz CT molecular complexity index is 1170. The first-order chi connectivity index (χ1) is 15.2. The third-order valence-corrected chi connectivity index (χ3v) is 6.89. The molecular weight excluding hydrogens is 420 g/mol. The number of nitrogens with one attached hydrogen (secondary N) is 2. The molecule has 168 valence electrons. The molecule has 0 fully saturated rings. The fourth-order valence-electron chi connectivity index (χ4n) is 3.56. The lowest BCUT2D eigenvalue weighted by Crippen LogP contribution is -2.45. The number of hydrogen-bond acceptors (Lipinski definition) is 3. The minimum Gasteiger partial charge on any atom is -0.324 e. The van der Waals surface area contributed by atoms with Crippen molar-refractivity contribution in [1.29, 1.82) is 0 Å². The second kappa shape index (κ2) is 10.1. The summed E-state index contributed by atoms with van der Waals surface area (Å²) in [5.41, 5.74) is 4.51. The highest BCUT2D eigenvalue weighted by molar-refractivity contribution is 7.89. The van der Waals surface area contributed by atoms with Crippen molar-refractivity contribution in [2.45, 2.75) is 51.0 Å². The van der Waals surface area contributed by atoms with Crippen molar-refractivity contribution in [3.05, 3.63) is 95.1 Å². The Hall–Kier alpha value is -2.96. The van der Waals surface area contributed by atoms with E-state index in [-0.39, 0.29) is 23.1 Å². The Balaban J connectivity index is 1.93. The topological polar surface area (TPSA) is 75.3 Å². The molecule has 1 unspecified atom stereocenters. The van der Waals surface area contributed by atoms with Crippen LogP contribution in [0, 0.1) is 13.8 Å². The van der Waals surface area contributed by atoms with E-state index in [4.69, 9.17) is 0 Å². The molecule has 0 bridgehead atoms. The standard InChI is InChI=1S/C26H30N2O3S/c1-18(2)23-12-8-9-20(4)25(23)27-26(29)24(17-21-10-6-5-7-11-21)28-32(30,31)22-15-13-19(3)14-16-22/h5-16,18,24,28H,17H2,1-4H3,(H,27,29). The Kier molecular flexibility index (Phi) is 7.48.